The molecule has 4 fully saturated rings. The summed E-state index contributed by atoms with van der Waals surface area (Å²) in [6.45, 7) is 17.2. The van der Waals surface area contributed by atoms with Crippen molar-refractivity contribution in [2.75, 3.05) is 0 Å². The van der Waals surface area contributed by atoms with Crippen LogP contribution in [0.15, 0.2) is 0 Å². The molecule has 32 heavy (non-hydrogen) atoms. The van der Waals surface area contributed by atoms with E-state index < -0.39 is 5.60 Å². The van der Waals surface area contributed by atoms with Crippen LogP contribution in [0.4, 0.5) is 0 Å². The van der Waals surface area contributed by atoms with Gasteiger partial charge in [-0.25, -0.2) is 0 Å². The highest BCUT2D eigenvalue weighted by Crippen LogP contribution is 2.67. The zero-order valence-electron chi connectivity index (χ0n) is 23.1. The van der Waals surface area contributed by atoms with Gasteiger partial charge in [-0.05, 0) is 125 Å². The van der Waals surface area contributed by atoms with Gasteiger partial charge in [0.25, 0.3) is 0 Å². The largest absolute Gasteiger partial charge is 0.393 e. The minimum atomic E-state index is -0.498. The predicted molar refractivity (Wildman–Crippen MR) is 139 cm³/mol. The Labute approximate surface area is 201 Å². The van der Waals surface area contributed by atoms with Crippen LogP contribution in [0.2, 0.25) is 0 Å². The smallest absolute Gasteiger partial charge is 0.0591 e. The molecule has 0 bridgehead atoms. The molecule has 4 rings (SSSR count). The van der Waals surface area contributed by atoms with E-state index >= 15 is 0 Å². The summed E-state index contributed by atoms with van der Waals surface area (Å²) in [7, 11) is 0. The van der Waals surface area contributed by atoms with Crippen LogP contribution in [0.25, 0.3) is 0 Å². The number of unbranched alkanes of at least 4 members (excludes halogenated alkanes) is 1. The molecule has 4 aliphatic rings. The van der Waals surface area contributed by atoms with Crippen molar-refractivity contribution in [1.29, 1.82) is 0 Å². The zero-order chi connectivity index (χ0) is 24.2. The number of hydrogen-bond acceptors (Lipinski definition) is 2. The lowest BCUT2D eigenvalue weighted by atomic mass is 9.44. The van der Waals surface area contributed by atoms with Gasteiger partial charge in [0.05, 0.1) is 11.7 Å². The second kappa shape index (κ2) is 11.6. The SMILES string of the molecule is CC.CC.CC(C)(O)CCCCC1CCC2[C@@H]3CCC4C[C@@H](O)CC[C@]4(C)C3CC[C@]12C. The lowest BCUT2D eigenvalue weighted by Crippen LogP contribution is -2.53. The molecule has 0 saturated heterocycles. The second-order valence-electron chi connectivity index (χ2n) is 12.5. The van der Waals surface area contributed by atoms with Crippen LogP contribution in [0.3, 0.4) is 0 Å². The lowest BCUT2D eigenvalue weighted by Gasteiger charge is -2.61. The van der Waals surface area contributed by atoms with Crippen LogP contribution in [0.5, 0.6) is 0 Å². The molecule has 0 amide bonds. The quantitative estimate of drug-likeness (QED) is 0.413. The van der Waals surface area contributed by atoms with Crippen molar-refractivity contribution in [1.82, 2.24) is 0 Å². The average molecular weight is 451 g/mol. The summed E-state index contributed by atoms with van der Waals surface area (Å²) >= 11 is 0. The predicted octanol–water partition coefficient (Wildman–Crippen LogP) is 8.39. The van der Waals surface area contributed by atoms with Crippen molar-refractivity contribution in [3.63, 3.8) is 0 Å². The minimum absolute atomic E-state index is 0.0248. The van der Waals surface area contributed by atoms with E-state index in [9.17, 15) is 10.2 Å². The summed E-state index contributed by atoms with van der Waals surface area (Å²) in [5.41, 5.74) is 0.587. The molecule has 0 aromatic carbocycles. The molecule has 0 aromatic heterocycles. The van der Waals surface area contributed by atoms with Gasteiger partial charge < -0.3 is 10.2 Å². The van der Waals surface area contributed by atoms with Gasteiger partial charge in [0.2, 0.25) is 0 Å². The summed E-state index contributed by atoms with van der Waals surface area (Å²) in [6.07, 6.45) is 16.8. The van der Waals surface area contributed by atoms with Crippen molar-refractivity contribution in [2.24, 2.45) is 40.4 Å². The fraction of sp³-hybridized carbons (Fsp3) is 1.00. The minimum Gasteiger partial charge on any atom is -0.393 e. The van der Waals surface area contributed by atoms with Gasteiger partial charge in [0, 0.05) is 0 Å². The molecule has 0 aliphatic heterocycles. The first kappa shape index (κ1) is 28.2. The van der Waals surface area contributed by atoms with E-state index in [1.165, 1.54) is 64.2 Å². The van der Waals surface area contributed by atoms with Crippen LogP contribution in [0, 0.1) is 40.4 Å². The molecule has 4 unspecified atom stereocenters. The average Bonchev–Trinajstić information content (AvgIpc) is 3.10. The van der Waals surface area contributed by atoms with Gasteiger partial charge in [-0.1, -0.05) is 54.4 Å². The Bertz CT molecular complexity index is 552. The highest BCUT2D eigenvalue weighted by molar-refractivity contribution is 5.09. The van der Waals surface area contributed by atoms with Crippen molar-refractivity contribution >= 4 is 0 Å². The highest BCUT2D eigenvalue weighted by Gasteiger charge is 2.59. The third kappa shape index (κ3) is 5.76. The topological polar surface area (TPSA) is 40.5 Å². The van der Waals surface area contributed by atoms with Crippen molar-refractivity contribution in [3.05, 3.63) is 0 Å². The third-order valence-electron chi connectivity index (χ3n) is 10.4. The Morgan fingerprint density at radius 1 is 0.781 bits per heavy atom. The van der Waals surface area contributed by atoms with Gasteiger partial charge in [-0.2, -0.15) is 0 Å². The summed E-state index contributed by atoms with van der Waals surface area (Å²) in [6, 6.07) is 0. The molecule has 4 saturated carbocycles. The van der Waals surface area contributed by atoms with E-state index in [2.05, 4.69) is 13.8 Å². The summed E-state index contributed by atoms with van der Waals surface area (Å²) < 4.78 is 0. The molecule has 8 atom stereocenters. The monoisotopic (exact) mass is 450 g/mol. The first-order valence-electron chi connectivity index (χ1n) is 14.5. The van der Waals surface area contributed by atoms with Gasteiger partial charge in [0.1, 0.15) is 0 Å². The fourth-order valence-electron chi connectivity index (χ4n) is 8.77. The summed E-state index contributed by atoms with van der Waals surface area (Å²) in [5, 5.41) is 20.2. The fourth-order valence-corrected chi connectivity index (χ4v) is 8.77. The van der Waals surface area contributed by atoms with E-state index in [1.807, 2.05) is 41.5 Å². The van der Waals surface area contributed by atoms with Crippen LogP contribution < -0.4 is 0 Å². The Morgan fingerprint density at radius 3 is 2.06 bits per heavy atom. The summed E-state index contributed by atoms with van der Waals surface area (Å²) in [5.74, 6) is 4.53. The Morgan fingerprint density at radius 2 is 1.41 bits per heavy atom. The molecule has 2 heteroatoms. The van der Waals surface area contributed by atoms with Crippen molar-refractivity contribution in [3.8, 4) is 0 Å². The molecule has 0 radical (unpaired) electrons. The van der Waals surface area contributed by atoms with E-state index in [0.29, 0.717) is 10.8 Å². The van der Waals surface area contributed by atoms with Gasteiger partial charge in [-0.3, -0.25) is 0 Å². The Hall–Kier alpha value is -0.0800. The molecular weight excluding hydrogens is 392 g/mol. The van der Waals surface area contributed by atoms with Crippen molar-refractivity contribution in [2.45, 2.75) is 151 Å². The van der Waals surface area contributed by atoms with Crippen LogP contribution >= 0.6 is 0 Å². The molecule has 2 nitrogen and oxygen atoms in total. The normalized spacial score (nSPS) is 42.9. The molecule has 2 N–H and O–H groups in total. The van der Waals surface area contributed by atoms with Crippen molar-refractivity contribution < 1.29 is 10.2 Å². The second-order valence-corrected chi connectivity index (χ2v) is 12.5. The maximum Gasteiger partial charge on any atom is 0.0591 e. The first-order valence-corrected chi connectivity index (χ1v) is 14.5. The maximum absolute atomic E-state index is 10.2. The van der Waals surface area contributed by atoms with Crippen LogP contribution in [0.1, 0.15) is 139 Å². The molecule has 0 heterocycles. The molecule has 4 aliphatic carbocycles. The number of rotatable bonds is 5. The van der Waals surface area contributed by atoms with E-state index in [0.717, 1.165) is 48.9 Å². The number of aliphatic hydroxyl groups is 2. The van der Waals surface area contributed by atoms with E-state index in [4.69, 9.17) is 0 Å². The van der Waals surface area contributed by atoms with Gasteiger partial charge in [0.15, 0.2) is 0 Å². The molecular formula is C30H58O2. The highest BCUT2D eigenvalue weighted by atomic mass is 16.3. The van der Waals surface area contributed by atoms with Crippen LogP contribution in [-0.4, -0.2) is 21.9 Å². The standard InChI is InChI=1S/C26H46O2.2C2H6/c1-24(2,28)14-6-5-7-18-9-11-22-21-10-8-19-17-20(27)12-15-26(19,4)23(21)13-16-25(18,22)3;2*1-2/h18-23,27-28H,5-17H2,1-4H3;2*1-2H3/t18?,19?,20-,21-,22?,23?,25+,26-;;/m0../s1. The summed E-state index contributed by atoms with van der Waals surface area (Å²) in [4.78, 5) is 0. The Kier molecular flexibility index (Phi) is 10.2. The lowest BCUT2D eigenvalue weighted by molar-refractivity contribution is -0.127. The molecule has 0 aromatic rings. The zero-order valence-corrected chi connectivity index (χ0v) is 23.1. The molecule has 190 valence electrons. The van der Waals surface area contributed by atoms with E-state index in [-0.39, 0.29) is 6.10 Å². The van der Waals surface area contributed by atoms with E-state index in [1.54, 1.807) is 0 Å². The number of hydrogen-bond donors (Lipinski definition) is 2. The third-order valence-corrected chi connectivity index (χ3v) is 10.4. The van der Waals surface area contributed by atoms with Crippen LogP contribution in [-0.2, 0) is 0 Å². The van der Waals surface area contributed by atoms with Gasteiger partial charge >= 0.3 is 0 Å². The van der Waals surface area contributed by atoms with Gasteiger partial charge in [-0.15, -0.1) is 0 Å². The number of fused-ring (bicyclic) bond motifs is 5. The Balaban J connectivity index is 0.000000860. The number of aliphatic hydroxyl groups excluding tert-OH is 1. The first-order chi connectivity index (χ1) is 15.1. The maximum atomic E-state index is 10.2. The molecule has 0 spiro atoms.